The van der Waals surface area contributed by atoms with Gasteiger partial charge in [0.2, 0.25) is 0 Å². The SMILES string of the molecule is CC1(C)c2ccccc2C2(c3ccccc3-c3c(-c4nc(-c5ccc(-c6cccc7c6sc6ccccc67)cc5)nc(-c5ccccc5-c5ccccc5)n4)cccc32)c2ccccc21. The molecule has 0 fully saturated rings. The predicted molar refractivity (Wildman–Crippen MR) is 269 cm³/mol. The van der Waals surface area contributed by atoms with Crippen LogP contribution in [0.15, 0.2) is 212 Å². The van der Waals surface area contributed by atoms with Gasteiger partial charge in [-0.2, -0.15) is 0 Å². The van der Waals surface area contributed by atoms with Crippen LogP contribution in [0.2, 0.25) is 0 Å². The number of fused-ring (bicyclic) bond motifs is 12. The van der Waals surface area contributed by atoms with E-state index in [0.717, 1.165) is 33.4 Å². The lowest BCUT2D eigenvalue weighted by atomic mass is 9.55. The Morgan fingerprint density at radius 2 is 0.800 bits per heavy atom. The molecule has 2 heterocycles. The first-order valence-corrected chi connectivity index (χ1v) is 23.2. The molecule has 2 aromatic heterocycles. The molecule has 3 nitrogen and oxygen atoms in total. The summed E-state index contributed by atoms with van der Waals surface area (Å²) in [6, 6.07) is 77.0. The Morgan fingerprint density at radius 1 is 0.323 bits per heavy atom. The van der Waals surface area contributed by atoms with Crippen LogP contribution in [0.5, 0.6) is 0 Å². The molecule has 2 aliphatic rings. The van der Waals surface area contributed by atoms with Crippen molar-refractivity contribution in [2.75, 3.05) is 0 Å². The zero-order valence-electron chi connectivity index (χ0n) is 36.0. The topological polar surface area (TPSA) is 38.7 Å². The van der Waals surface area contributed by atoms with Gasteiger partial charge in [-0.25, -0.2) is 15.0 Å². The number of nitrogens with zero attached hydrogens (tertiary/aromatic N) is 3. The summed E-state index contributed by atoms with van der Waals surface area (Å²) in [5.74, 6) is 1.92. The van der Waals surface area contributed by atoms with Crippen LogP contribution in [-0.2, 0) is 10.8 Å². The normalized spacial score (nSPS) is 13.9. The maximum absolute atomic E-state index is 5.48. The fourth-order valence-electron chi connectivity index (χ4n) is 11.2. The van der Waals surface area contributed by atoms with Gasteiger partial charge in [0.15, 0.2) is 17.5 Å². The molecule has 0 amide bonds. The number of hydrogen-bond donors (Lipinski definition) is 0. The zero-order chi connectivity index (χ0) is 43.3. The minimum Gasteiger partial charge on any atom is -0.208 e. The minimum absolute atomic E-state index is 0.183. The Hall–Kier alpha value is -7.79. The van der Waals surface area contributed by atoms with Crippen LogP contribution in [0.25, 0.3) is 87.7 Å². The molecule has 9 aromatic carbocycles. The predicted octanol–water partition coefficient (Wildman–Crippen LogP) is 15.6. The van der Waals surface area contributed by atoms with Crippen LogP contribution >= 0.6 is 11.3 Å². The number of hydrogen-bond acceptors (Lipinski definition) is 4. The number of aromatic nitrogens is 3. The fraction of sp³-hybridized carbons (Fsp3) is 0.0656. The van der Waals surface area contributed by atoms with Gasteiger partial charge in [0.05, 0.1) is 5.41 Å². The van der Waals surface area contributed by atoms with Crippen molar-refractivity contribution in [2.24, 2.45) is 0 Å². The highest BCUT2D eigenvalue weighted by atomic mass is 32.1. The Bertz CT molecular complexity index is 3640. The van der Waals surface area contributed by atoms with Crippen LogP contribution in [-0.4, -0.2) is 15.0 Å². The van der Waals surface area contributed by atoms with Gasteiger partial charge in [0, 0.05) is 42.3 Å². The summed E-state index contributed by atoms with van der Waals surface area (Å²) in [6.07, 6.45) is 0. The zero-order valence-corrected chi connectivity index (χ0v) is 36.8. The van der Waals surface area contributed by atoms with E-state index in [9.17, 15) is 0 Å². The van der Waals surface area contributed by atoms with Gasteiger partial charge in [0.1, 0.15) is 0 Å². The lowest BCUT2D eigenvalue weighted by Crippen LogP contribution is -2.40. The molecule has 11 aromatic rings. The monoisotopic (exact) mass is 847 g/mol. The summed E-state index contributed by atoms with van der Waals surface area (Å²) >= 11 is 1.85. The quantitative estimate of drug-likeness (QED) is 0.173. The van der Waals surface area contributed by atoms with E-state index >= 15 is 0 Å². The van der Waals surface area contributed by atoms with Crippen molar-refractivity contribution < 1.29 is 0 Å². The first kappa shape index (κ1) is 37.7. The Labute approximate surface area is 382 Å². The van der Waals surface area contributed by atoms with Crippen LogP contribution < -0.4 is 0 Å². The summed E-state index contributed by atoms with van der Waals surface area (Å²) < 4.78 is 2.60. The minimum atomic E-state index is -0.531. The number of rotatable bonds is 5. The lowest BCUT2D eigenvalue weighted by molar-refractivity contribution is 0.563. The highest BCUT2D eigenvalue weighted by molar-refractivity contribution is 7.26. The van der Waals surface area contributed by atoms with Gasteiger partial charge in [-0.05, 0) is 72.8 Å². The largest absolute Gasteiger partial charge is 0.208 e. The molecular weight excluding hydrogens is 807 g/mol. The van der Waals surface area contributed by atoms with E-state index in [1.54, 1.807) is 0 Å². The van der Waals surface area contributed by atoms with Crippen LogP contribution in [0.1, 0.15) is 47.2 Å². The van der Waals surface area contributed by atoms with E-state index in [1.165, 1.54) is 70.2 Å². The van der Waals surface area contributed by atoms with Crippen molar-refractivity contribution in [3.63, 3.8) is 0 Å². The average Bonchev–Trinajstić information content (AvgIpc) is 3.90. The van der Waals surface area contributed by atoms with Crippen molar-refractivity contribution >= 4 is 31.5 Å². The maximum atomic E-state index is 5.48. The van der Waals surface area contributed by atoms with Crippen LogP contribution in [0.3, 0.4) is 0 Å². The molecular formula is C61H41N3S. The van der Waals surface area contributed by atoms with Crippen LogP contribution in [0, 0.1) is 0 Å². The smallest absolute Gasteiger partial charge is 0.164 e. The van der Waals surface area contributed by atoms with Crippen molar-refractivity contribution in [1.82, 2.24) is 15.0 Å². The molecule has 0 aliphatic heterocycles. The van der Waals surface area contributed by atoms with Gasteiger partial charge >= 0.3 is 0 Å². The highest BCUT2D eigenvalue weighted by Gasteiger charge is 2.53. The number of thiophene rings is 1. The second-order valence-corrected chi connectivity index (χ2v) is 18.9. The second kappa shape index (κ2) is 14.4. The molecule has 0 unspecified atom stereocenters. The van der Waals surface area contributed by atoms with Crippen molar-refractivity contribution in [2.45, 2.75) is 24.7 Å². The Balaban J connectivity index is 1.04. The van der Waals surface area contributed by atoms with Gasteiger partial charge in [-0.1, -0.05) is 220 Å². The number of benzene rings is 9. The summed E-state index contributed by atoms with van der Waals surface area (Å²) in [4.78, 5) is 16.3. The van der Waals surface area contributed by atoms with E-state index in [0.29, 0.717) is 17.5 Å². The van der Waals surface area contributed by atoms with Crippen molar-refractivity contribution in [1.29, 1.82) is 0 Å². The molecule has 0 saturated carbocycles. The third-order valence-corrected chi connectivity index (χ3v) is 15.3. The van der Waals surface area contributed by atoms with E-state index in [-0.39, 0.29) is 5.41 Å². The molecule has 4 heteroatoms. The third-order valence-electron chi connectivity index (χ3n) is 14.1. The first-order valence-electron chi connectivity index (χ1n) is 22.4. The standard InChI is InChI=1S/C61H41N3S/c1-60(2)49-28-11-13-30-51(49)61(52-31-14-12-29-50(52)60)48-27-10-8-23-46(48)55-47(26-17-32-53(55)61)59-63-57(62-58(64-59)45-22-7-6-20-41(45)38-18-4-3-5-19-38)40-36-34-39(35-37-40)42-24-16-25-44-43-21-9-15-33-54(43)65-56(42)44/h3-37H,1-2H3. The summed E-state index contributed by atoms with van der Waals surface area (Å²) in [5, 5.41) is 2.59. The molecule has 0 saturated heterocycles. The summed E-state index contributed by atoms with van der Waals surface area (Å²) in [7, 11) is 0. The van der Waals surface area contributed by atoms with E-state index in [2.05, 4.69) is 226 Å². The van der Waals surface area contributed by atoms with Gasteiger partial charge in [0.25, 0.3) is 0 Å². The van der Waals surface area contributed by atoms with Crippen molar-refractivity contribution in [3.8, 4) is 67.5 Å². The second-order valence-electron chi connectivity index (χ2n) is 17.8. The van der Waals surface area contributed by atoms with Gasteiger partial charge in [-0.3, -0.25) is 0 Å². The van der Waals surface area contributed by atoms with Gasteiger partial charge in [-0.15, -0.1) is 11.3 Å². The van der Waals surface area contributed by atoms with Gasteiger partial charge < -0.3 is 0 Å². The van der Waals surface area contributed by atoms with E-state index in [1.807, 2.05) is 11.3 Å². The first-order chi connectivity index (χ1) is 32.0. The fourth-order valence-corrected chi connectivity index (χ4v) is 12.4. The lowest BCUT2D eigenvalue weighted by Gasteiger charge is -2.46. The van der Waals surface area contributed by atoms with Crippen LogP contribution in [0.4, 0.5) is 0 Å². The molecule has 2 aliphatic carbocycles. The highest BCUT2D eigenvalue weighted by Crippen LogP contribution is 2.63. The third kappa shape index (κ3) is 5.51. The van der Waals surface area contributed by atoms with E-state index < -0.39 is 5.41 Å². The van der Waals surface area contributed by atoms with E-state index in [4.69, 9.17) is 15.0 Å². The molecule has 306 valence electrons. The molecule has 0 atom stereocenters. The van der Waals surface area contributed by atoms with Crippen molar-refractivity contribution in [3.05, 3.63) is 246 Å². The summed E-state index contributed by atoms with van der Waals surface area (Å²) in [6.45, 7) is 4.74. The molecule has 65 heavy (non-hydrogen) atoms. The molecule has 0 bridgehead atoms. The maximum Gasteiger partial charge on any atom is 0.164 e. The Kier molecular flexibility index (Phi) is 8.34. The average molecular weight is 848 g/mol. The summed E-state index contributed by atoms with van der Waals surface area (Å²) in [5.41, 5.74) is 17.0. The molecule has 13 rings (SSSR count). The Morgan fingerprint density at radius 3 is 1.54 bits per heavy atom. The molecule has 1 spiro atoms. The molecule has 0 radical (unpaired) electrons. The molecule has 0 N–H and O–H groups in total.